The minimum Gasteiger partial charge on any atom is -0.374 e. The Kier molecular flexibility index (Phi) is 6.65. The van der Waals surface area contributed by atoms with Crippen molar-refractivity contribution in [1.29, 1.82) is 0 Å². The van der Waals surface area contributed by atoms with Crippen LogP contribution in [-0.2, 0) is 4.74 Å². The Morgan fingerprint density at radius 1 is 1.22 bits per heavy atom. The van der Waals surface area contributed by atoms with Gasteiger partial charge in [0.15, 0.2) is 0 Å². The average molecular weight is 255 g/mol. The first-order valence-corrected chi connectivity index (χ1v) is 7.96. The zero-order valence-electron chi connectivity index (χ0n) is 13.2. The lowest BCUT2D eigenvalue weighted by Crippen LogP contribution is -2.49. The van der Waals surface area contributed by atoms with Gasteiger partial charge in [-0.2, -0.15) is 0 Å². The molecule has 0 radical (unpaired) electrons. The van der Waals surface area contributed by atoms with Gasteiger partial charge in [-0.1, -0.05) is 33.6 Å². The maximum atomic E-state index is 6.00. The molecule has 2 nitrogen and oxygen atoms in total. The molecule has 0 saturated carbocycles. The first-order chi connectivity index (χ1) is 8.55. The zero-order chi connectivity index (χ0) is 13.6. The van der Waals surface area contributed by atoms with E-state index in [9.17, 15) is 0 Å². The Balaban J connectivity index is 2.56. The Hall–Kier alpha value is -0.0800. The first kappa shape index (κ1) is 16.0. The second kappa shape index (κ2) is 7.49. The summed E-state index contributed by atoms with van der Waals surface area (Å²) < 4.78 is 6.00. The predicted molar refractivity (Wildman–Crippen MR) is 79.0 cm³/mol. The molecular formula is C16H33NO. The molecule has 3 atom stereocenters. The van der Waals surface area contributed by atoms with Crippen LogP contribution in [0, 0.1) is 0 Å². The van der Waals surface area contributed by atoms with Crippen LogP contribution in [0.5, 0.6) is 0 Å². The molecule has 0 spiro atoms. The number of likely N-dealkylation sites (N-methyl/N-ethyl adjacent to an activating group) is 1. The fourth-order valence-corrected chi connectivity index (χ4v) is 3.11. The van der Waals surface area contributed by atoms with Crippen molar-refractivity contribution in [2.45, 2.75) is 90.9 Å². The van der Waals surface area contributed by atoms with Crippen LogP contribution in [0.1, 0.15) is 73.1 Å². The highest BCUT2D eigenvalue weighted by molar-refractivity contribution is 4.87. The van der Waals surface area contributed by atoms with Crippen molar-refractivity contribution in [3.63, 3.8) is 0 Å². The number of unbranched alkanes of at least 4 members (excludes halogenated alkanes) is 1. The number of hydrogen-bond acceptors (Lipinski definition) is 2. The van der Waals surface area contributed by atoms with Crippen LogP contribution in [0.4, 0.5) is 0 Å². The van der Waals surface area contributed by atoms with Crippen molar-refractivity contribution in [1.82, 2.24) is 4.90 Å². The maximum Gasteiger partial charge on any atom is 0.0706 e. The molecule has 0 bridgehead atoms. The summed E-state index contributed by atoms with van der Waals surface area (Å²) in [6.07, 6.45) is 8.60. The van der Waals surface area contributed by atoms with Gasteiger partial charge in [0.1, 0.15) is 0 Å². The second-order valence-corrected chi connectivity index (χ2v) is 6.14. The van der Waals surface area contributed by atoms with E-state index in [2.05, 4.69) is 39.5 Å². The lowest BCUT2D eigenvalue weighted by atomic mass is 9.89. The van der Waals surface area contributed by atoms with Gasteiger partial charge in [-0.3, -0.25) is 4.90 Å². The van der Waals surface area contributed by atoms with E-state index in [1.54, 1.807) is 0 Å². The highest BCUT2D eigenvalue weighted by atomic mass is 16.5. The van der Waals surface area contributed by atoms with Crippen molar-refractivity contribution in [2.75, 3.05) is 13.1 Å². The molecule has 0 aromatic carbocycles. The number of rotatable bonds is 8. The highest BCUT2D eigenvalue weighted by Gasteiger charge is 2.32. The van der Waals surface area contributed by atoms with Gasteiger partial charge in [-0.15, -0.1) is 0 Å². The van der Waals surface area contributed by atoms with Crippen molar-refractivity contribution < 1.29 is 4.74 Å². The first-order valence-electron chi connectivity index (χ1n) is 7.96. The molecule has 1 aliphatic heterocycles. The molecule has 1 rings (SSSR count). The Morgan fingerprint density at radius 3 is 2.39 bits per heavy atom. The van der Waals surface area contributed by atoms with Gasteiger partial charge >= 0.3 is 0 Å². The van der Waals surface area contributed by atoms with E-state index in [0.29, 0.717) is 17.7 Å². The van der Waals surface area contributed by atoms with Gasteiger partial charge in [0.25, 0.3) is 0 Å². The quantitative estimate of drug-likeness (QED) is 0.643. The third-order valence-electron chi connectivity index (χ3n) is 4.72. The summed E-state index contributed by atoms with van der Waals surface area (Å²) >= 11 is 0. The molecule has 0 amide bonds. The van der Waals surface area contributed by atoms with Crippen LogP contribution in [0.2, 0.25) is 0 Å². The van der Waals surface area contributed by atoms with Crippen LogP contribution in [0.25, 0.3) is 0 Å². The topological polar surface area (TPSA) is 12.5 Å². The molecule has 1 saturated heterocycles. The maximum absolute atomic E-state index is 6.00. The summed E-state index contributed by atoms with van der Waals surface area (Å²) in [5, 5.41) is 0. The largest absolute Gasteiger partial charge is 0.374 e. The lowest BCUT2D eigenvalue weighted by molar-refractivity contribution is -0.00165. The lowest BCUT2D eigenvalue weighted by Gasteiger charge is -2.42. The van der Waals surface area contributed by atoms with Gasteiger partial charge in [0, 0.05) is 12.1 Å². The van der Waals surface area contributed by atoms with E-state index >= 15 is 0 Å². The van der Waals surface area contributed by atoms with Gasteiger partial charge in [-0.05, 0) is 46.1 Å². The second-order valence-electron chi connectivity index (χ2n) is 6.14. The predicted octanol–water partition coefficient (Wildman–Crippen LogP) is 4.23. The molecule has 3 unspecified atom stereocenters. The minimum atomic E-state index is 0.361. The monoisotopic (exact) mass is 255 g/mol. The zero-order valence-corrected chi connectivity index (χ0v) is 13.2. The molecule has 0 aliphatic carbocycles. The van der Waals surface area contributed by atoms with Crippen molar-refractivity contribution in [3.8, 4) is 0 Å². The van der Waals surface area contributed by atoms with Gasteiger partial charge in [0.05, 0.1) is 12.2 Å². The van der Waals surface area contributed by atoms with E-state index in [1.165, 1.54) is 38.5 Å². The van der Waals surface area contributed by atoms with Crippen molar-refractivity contribution in [2.24, 2.45) is 0 Å². The van der Waals surface area contributed by atoms with Gasteiger partial charge in [-0.25, -0.2) is 0 Å². The summed E-state index contributed by atoms with van der Waals surface area (Å²) in [5.74, 6) is 0. The molecule has 0 N–H and O–H groups in total. The van der Waals surface area contributed by atoms with Crippen LogP contribution in [-0.4, -0.2) is 35.7 Å². The Bertz CT molecular complexity index is 231. The normalized spacial score (nSPS) is 27.7. The van der Waals surface area contributed by atoms with Crippen LogP contribution in [0.15, 0.2) is 0 Å². The van der Waals surface area contributed by atoms with Gasteiger partial charge < -0.3 is 4.74 Å². The molecule has 1 fully saturated rings. The standard InChI is InChI=1S/C16H33NO/c1-6-9-12-16(5,7-2)17(8-3)13-15-11-10-14(4)18-15/h14-15H,6-13H2,1-5H3. The van der Waals surface area contributed by atoms with Crippen LogP contribution >= 0.6 is 0 Å². The Morgan fingerprint density at radius 2 is 1.94 bits per heavy atom. The number of ether oxygens (including phenoxy) is 1. The highest BCUT2D eigenvalue weighted by Crippen LogP contribution is 2.28. The van der Waals surface area contributed by atoms with E-state index in [1.807, 2.05) is 0 Å². The average Bonchev–Trinajstić information content (AvgIpc) is 2.78. The van der Waals surface area contributed by atoms with E-state index in [0.717, 1.165) is 13.1 Å². The smallest absolute Gasteiger partial charge is 0.0706 e. The number of hydrogen-bond donors (Lipinski definition) is 0. The summed E-state index contributed by atoms with van der Waals surface area (Å²) in [4.78, 5) is 2.66. The van der Waals surface area contributed by atoms with E-state index < -0.39 is 0 Å². The third kappa shape index (κ3) is 4.24. The molecule has 1 heterocycles. The van der Waals surface area contributed by atoms with E-state index in [-0.39, 0.29) is 0 Å². The summed E-state index contributed by atoms with van der Waals surface area (Å²) in [6, 6.07) is 0. The van der Waals surface area contributed by atoms with Crippen molar-refractivity contribution in [3.05, 3.63) is 0 Å². The summed E-state index contributed by atoms with van der Waals surface area (Å²) in [5.41, 5.74) is 0.361. The van der Waals surface area contributed by atoms with Crippen molar-refractivity contribution >= 4 is 0 Å². The van der Waals surface area contributed by atoms with Crippen LogP contribution in [0.3, 0.4) is 0 Å². The Labute approximate surface area is 114 Å². The third-order valence-corrected chi connectivity index (χ3v) is 4.72. The molecule has 0 aromatic heterocycles. The van der Waals surface area contributed by atoms with Gasteiger partial charge in [0.2, 0.25) is 0 Å². The molecule has 1 aliphatic rings. The molecular weight excluding hydrogens is 222 g/mol. The number of nitrogens with zero attached hydrogens (tertiary/aromatic N) is 1. The van der Waals surface area contributed by atoms with Crippen LogP contribution < -0.4 is 0 Å². The minimum absolute atomic E-state index is 0.361. The molecule has 2 heteroatoms. The molecule has 108 valence electrons. The SMILES string of the molecule is CCCCC(C)(CC)N(CC)CC1CCC(C)O1. The fraction of sp³-hybridized carbons (Fsp3) is 1.00. The fourth-order valence-electron chi connectivity index (χ4n) is 3.11. The summed E-state index contributed by atoms with van der Waals surface area (Å²) in [6.45, 7) is 13.8. The molecule has 0 aromatic rings. The molecule has 18 heavy (non-hydrogen) atoms. The van der Waals surface area contributed by atoms with E-state index in [4.69, 9.17) is 4.74 Å². The summed E-state index contributed by atoms with van der Waals surface area (Å²) in [7, 11) is 0.